The number of sulfonamides is 1. The number of rotatable bonds is 6. The van der Waals surface area contributed by atoms with Gasteiger partial charge in [0, 0.05) is 12.1 Å². The summed E-state index contributed by atoms with van der Waals surface area (Å²) in [4.78, 5) is 10.4. The molecule has 0 heterocycles. The molecule has 2 unspecified atom stereocenters. The Bertz CT molecular complexity index is 680. The molecule has 1 aliphatic rings. The smallest absolute Gasteiger partial charge is 0.311 e. The molecule has 0 amide bonds. The fourth-order valence-corrected chi connectivity index (χ4v) is 3.48. The second-order valence-electron chi connectivity index (χ2n) is 5.44. The monoisotopic (exact) mass is 346 g/mol. The van der Waals surface area contributed by atoms with Crippen LogP contribution in [0, 0.1) is 15.9 Å². The standard InChI is InChI=1S/C14H19FN2O5S/c1-2-23(20,21)16-11-5-3-4-6-13(11)22-14-9-10(15)7-8-12(14)17(18)19/h7-9,11,13,16H,2-6H2,1H3. The van der Waals surface area contributed by atoms with Crippen molar-refractivity contribution in [1.29, 1.82) is 0 Å². The van der Waals surface area contributed by atoms with Crippen molar-refractivity contribution in [3.05, 3.63) is 34.1 Å². The van der Waals surface area contributed by atoms with Gasteiger partial charge in [-0.05, 0) is 32.3 Å². The molecule has 9 heteroatoms. The van der Waals surface area contributed by atoms with Gasteiger partial charge in [0.2, 0.25) is 10.0 Å². The van der Waals surface area contributed by atoms with Crippen LogP contribution in [-0.2, 0) is 10.0 Å². The van der Waals surface area contributed by atoms with Crippen molar-refractivity contribution in [2.75, 3.05) is 5.75 Å². The summed E-state index contributed by atoms with van der Waals surface area (Å²) in [6.07, 6.45) is 2.21. The molecule has 7 nitrogen and oxygen atoms in total. The molecular formula is C14H19FN2O5S. The molecule has 0 saturated heterocycles. The van der Waals surface area contributed by atoms with Gasteiger partial charge in [0.25, 0.3) is 0 Å². The van der Waals surface area contributed by atoms with Gasteiger partial charge in [-0.25, -0.2) is 17.5 Å². The summed E-state index contributed by atoms with van der Waals surface area (Å²) in [5.74, 6) is -0.884. The zero-order chi connectivity index (χ0) is 17.0. The van der Waals surface area contributed by atoms with Crippen molar-refractivity contribution >= 4 is 15.7 Å². The van der Waals surface area contributed by atoms with E-state index in [1.54, 1.807) is 0 Å². The van der Waals surface area contributed by atoms with Crippen LogP contribution >= 0.6 is 0 Å². The quantitative estimate of drug-likeness (QED) is 0.630. The Morgan fingerprint density at radius 1 is 1.39 bits per heavy atom. The lowest BCUT2D eigenvalue weighted by Crippen LogP contribution is -2.48. The van der Waals surface area contributed by atoms with Crippen LogP contribution < -0.4 is 9.46 Å². The van der Waals surface area contributed by atoms with Gasteiger partial charge in [0.1, 0.15) is 11.9 Å². The van der Waals surface area contributed by atoms with Crippen molar-refractivity contribution in [1.82, 2.24) is 4.72 Å². The van der Waals surface area contributed by atoms with E-state index in [0.717, 1.165) is 31.0 Å². The molecule has 1 fully saturated rings. The van der Waals surface area contributed by atoms with Gasteiger partial charge in [-0.1, -0.05) is 6.42 Å². The average Bonchev–Trinajstić information content (AvgIpc) is 2.49. The molecule has 0 spiro atoms. The second kappa shape index (κ2) is 7.22. The number of hydrogen-bond acceptors (Lipinski definition) is 5. The van der Waals surface area contributed by atoms with Gasteiger partial charge in [0.15, 0.2) is 5.75 Å². The number of nitro groups is 1. The SMILES string of the molecule is CCS(=O)(=O)NC1CCCCC1Oc1cc(F)ccc1[N+](=O)[O-]. The number of nitro benzene ring substituents is 1. The molecule has 1 saturated carbocycles. The predicted molar refractivity (Wildman–Crippen MR) is 82.3 cm³/mol. The molecule has 1 aromatic rings. The number of halogens is 1. The Morgan fingerprint density at radius 2 is 2.09 bits per heavy atom. The minimum absolute atomic E-state index is 0.0592. The third-order valence-electron chi connectivity index (χ3n) is 3.81. The highest BCUT2D eigenvalue weighted by molar-refractivity contribution is 7.89. The molecule has 1 N–H and O–H groups in total. The number of nitrogens with one attached hydrogen (secondary N) is 1. The minimum Gasteiger partial charge on any atom is -0.482 e. The Labute approximate surface area is 134 Å². The highest BCUT2D eigenvalue weighted by Crippen LogP contribution is 2.31. The molecule has 2 rings (SSSR count). The van der Waals surface area contributed by atoms with Crippen molar-refractivity contribution in [3.63, 3.8) is 0 Å². The molecule has 0 bridgehead atoms. The van der Waals surface area contributed by atoms with Crippen LogP contribution in [-0.4, -0.2) is 31.2 Å². The third-order valence-corrected chi connectivity index (χ3v) is 5.23. The van der Waals surface area contributed by atoms with E-state index < -0.39 is 32.9 Å². The molecule has 128 valence electrons. The van der Waals surface area contributed by atoms with Crippen molar-refractivity contribution in [2.45, 2.75) is 44.8 Å². The zero-order valence-corrected chi connectivity index (χ0v) is 13.5. The van der Waals surface area contributed by atoms with Crippen molar-refractivity contribution < 1.29 is 22.5 Å². The lowest BCUT2D eigenvalue weighted by Gasteiger charge is -2.32. The van der Waals surface area contributed by atoms with Crippen LogP contribution in [0.1, 0.15) is 32.6 Å². The first-order valence-electron chi connectivity index (χ1n) is 7.43. The zero-order valence-electron chi connectivity index (χ0n) is 12.7. The van der Waals surface area contributed by atoms with E-state index in [1.807, 2.05) is 0 Å². The van der Waals surface area contributed by atoms with Crippen LogP contribution in [0.3, 0.4) is 0 Å². The number of benzene rings is 1. The van der Waals surface area contributed by atoms with Crippen LogP contribution in [0.5, 0.6) is 5.75 Å². The van der Waals surface area contributed by atoms with E-state index in [1.165, 1.54) is 6.92 Å². The first kappa shape index (κ1) is 17.6. The largest absolute Gasteiger partial charge is 0.482 e. The predicted octanol–water partition coefficient (Wildman–Crippen LogP) is 2.36. The van der Waals surface area contributed by atoms with Gasteiger partial charge < -0.3 is 4.74 Å². The summed E-state index contributed by atoms with van der Waals surface area (Å²) in [6, 6.07) is 2.51. The normalized spacial score (nSPS) is 21.8. The molecule has 2 atom stereocenters. The summed E-state index contributed by atoms with van der Waals surface area (Å²) in [5.41, 5.74) is -0.339. The van der Waals surface area contributed by atoms with Crippen LogP contribution in [0.15, 0.2) is 18.2 Å². The maximum absolute atomic E-state index is 13.4. The highest BCUT2D eigenvalue weighted by Gasteiger charge is 2.31. The van der Waals surface area contributed by atoms with E-state index in [-0.39, 0.29) is 17.2 Å². The van der Waals surface area contributed by atoms with Crippen LogP contribution in [0.4, 0.5) is 10.1 Å². The molecule has 1 aromatic carbocycles. The van der Waals surface area contributed by atoms with E-state index in [0.29, 0.717) is 12.8 Å². The molecule has 0 aliphatic heterocycles. The first-order chi connectivity index (χ1) is 10.8. The highest BCUT2D eigenvalue weighted by atomic mass is 32.2. The maximum Gasteiger partial charge on any atom is 0.311 e. The maximum atomic E-state index is 13.4. The summed E-state index contributed by atoms with van der Waals surface area (Å²) in [5, 5.41) is 11.0. The molecular weight excluding hydrogens is 327 g/mol. The Balaban J connectivity index is 2.22. The van der Waals surface area contributed by atoms with Crippen molar-refractivity contribution in [3.8, 4) is 5.75 Å². The van der Waals surface area contributed by atoms with E-state index >= 15 is 0 Å². The Kier molecular flexibility index (Phi) is 5.53. The number of nitrogens with zero attached hydrogens (tertiary/aromatic N) is 1. The van der Waals surface area contributed by atoms with E-state index in [2.05, 4.69) is 4.72 Å². The first-order valence-corrected chi connectivity index (χ1v) is 9.08. The van der Waals surface area contributed by atoms with E-state index in [4.69, 9.17) is 4.74 Å². The fraction of sp³-hybridized carbons (Fsp3) is 0.571. The average molecular weight is 346 g/mol. The van der Waals surface area contributed by atoms with Gasteiger partial charge in [-0.2, -0.15) is 0 Å². The third kappa shape index (κ3) is 4.61. The number of ether oxygens (including phenoxy) is 1. The summed E-state index contributed by atoms with van der Waals surface area (Å²) in [7, 11) is -3.42. The van der Waals surface area contributed by atoms with Gasteiger partial charge >= 0.3 is 5.69 Å². The molecule has 1 aliphatic carbocycles. The lowest BCUT2D eigenvalue weighted by molar-refractivity contribution is -0.386. The fourth-order valence-electron chi connectivity index (χ4n) is 2.58. The van der Waals surface area contributed by atoms with E-state index in [9.17, 15) is 22.9 Å². The molecule has 23 heavy (non-hydrogen) atoms. The summed E-state index contributed by atoms with van der Waals surface area (Å²) in [6.45, 7) is 1.53. The van der Waals surface area contributed by atoms with Crippen LogP contribution in [0.25, 0.3) is 0 Å². The Morgan fingerprint density at radius 3 is 2.74 bits per heavy atom. The second-order valence-corrected chi connectivity index (χ2v) is 7.48. The summed E-state index contributed by atoms with van der Waals surface area (Å²) < 4.78 is 45.1. The van der Waals surface area contributed by atoms with Gasteiger partial charge in [0.05, 0.1) is 16.7 Å². The number of hydrogen-bond donors (Lipinski definition) is 1. The summed E-state index contributed by atoms with van der Waals surface area (Å²) >= 11 is 0. The van der Waals surface area contributed by atoms with Crippen LogP contribution in [0.2, 0.25) is 0 Å². The van der Waals surface area contributed by atoms with Gasteiger partial charge in [-0.3, -0.25) is 10.1 Å². The molecule has 0 aromatic heterocycles. The topological polar surface area (TPSA) is 98.5 Å². The Hall–Kier alpha value is -1.74. The van der Waals surface area contributed by atoms with Gasteiger partial charge in [-0.15, -0.1) is 0 Å². The van der Waals surface area contributed by atoms with Crippen molar-refractivity contribution in [2.24, 2.45) is 0 Å². The minimum atomic E-state index is -3.42. The lowest BCUT2D eigenvalue weighted by atomic mass is 9.93. The molecule has 0 radical (unpaired) electrons.